The molecule has 0 spiro atoms. The summed E-state index contributed by atoms with van der Waals surface area (Å²) in [6.45, 7) is 2.61. The number of fused-ring (bicyclic) bond motifs is 4. The first-order valence-electron chi connectivity index (χ1n) is 12.0. The molecular weight excluding hydrogens is 458 g/mol. The van der Waals surface area contributed by atoms with Crippen LogP contribution in [0.5, 0.6) is 11.6 Å². The van der Waals surface area contributed by atoms with Gasteiger partial charge in [-0.3, -0.25) is 14.9 Å². The van der Waals surface area contributed by atoms with E-state index < -0.39 is 0 Å². The van der Waals surface area contributed by atoms with Gasteiger partial charge in [-0.1, -0.05) is 6.07 Å². The third-order valence-corrected chi connectivity index (χ3v) is 6.52. The Morgan fingerprint density at radius 2 is 1.97 bits per heavy atom. The van der Waals surface area contributed by atoms with Gasteiger partial charge in [0.25, 0.3) is 5.91 Å². The maximum atomic E-state index is 12.8. The summed E-state index contributed by atoms with van der Waals surface area (Å²) >= 11 is 0. The van der Waals surface area contributed by atoms with Gasteiger partial charge in [0.15, 0.2) is 0 Å². The highest BCUT2D eigenvalue weighted by Gasteiger charge is 2.25. The summed E-state index contributed by atoms with van der Waals surface area (Å²) < 4.78 is 13.9. The number of carbonyl (C=O) groups excluding carboxylic acids is 1. The number of likely N-dealkylation sites (N-methyl/N-ethyl adjacent to an activating group) is 1. The number of aromatic amines is 1. The predicted molar refractivity (Wildman–Crippen MR) is 136 cm³/mol. The van der Waals surface area contributed by atoms with Crippen LogP contribution in [0.4, 0.5) is 0 Å². The van der Waals surface area contributed by atoms with Crippen molar-refractivity contribution in [1.29, 1.82) is 0 Å². The molecule has 0 atom stereocenters. The van der Waals surface area contributed by atoms with Gasteiger partial charge in [0.2, 0.25) is 5.88 Å². The van der Waals surface area contributed by atoms with E-state index in [9.17, 15) is 4.79 Å². The van der Waals surface area contributed by atoms with Crippen LogP contribution < -0.4 is 14.8 Å². The Hall–Kier alpha value is -4.18. The lowest BCUT2D eigenvalue weighted by Gasteiger charge is -2.36. The number of nitrogens with one attached hydrogen (secondary N) is 2. The lowest BCUT2D eigenvalue weighted by atomic mass is 10.1. The average molecular weight is 486 g/mol. The zero-order valence-electron chi connectivity index (χ0n) is 20.2. The van der Waals surface area contributed by atoms with Crippen molar-refractivity contribution in [2.75, 3.05) is 33.4 Å². The van der Waals surface area contributed by atoms with Crippen molar-refractivity contribution in [3.05, 3.63) is 53.5 Å². The number of nitrogens with zero attached hydrogens (tertiary/aromatic N) is 5. The number of H-pyrrole nitrogens is 1. The molecule has 0 saturated carbocycles. The Kier molecular flexibility index (Phi) is 5.65. The number of pyridine rings is 1. The van der Waals surface area contributed by atoms with Gasteiger partial charge in [0.1, 0.15) is 5.75 Å². The lowest BCUT2D eigenvalue weighted by Crippen LogP contribution is -2.57. The number of amides is 1. The molecule has 2 bridgehead atoms. The summed E-state index contributed by atoms with van der Waals surface area (Å²) in [6.07, 6.45) is 8.09. The van der Waals surface area contributed by atoms with E-state index in [-0.39, 0.29) is 11.9 Å². The van der Waals surface area contributed by atoms with E-state index in [1.165, 1.54) is 0 Å². The lowest BCUT2D eigenvalue weighted by molar-refractivity contribution is 0.0857. The van der Waals surface area contributed by atoms with Crippen LogP contribution in [0.25, 0.3) is 34.3 Å². The summed E-state index contributed by atoms with van der Waals surface area (Å²) in [5.41, 5.74) is 4.63. The van der Waals surface area contributed by atoms with Crippen LogP contribution >= 0.6 is 0 Å². The van der Waals surface area contributed by atoms with Crippen molar-refractivity contribution in [3.8, 4) is 22.9 Å². The SMILES string of the molecule is CN1CC(NC(=O)c2ccc3c(c2)OCCCOc2c(cnn2C)-c2cc4c(n[nH]c4cn2)/C=C/3)C1. The van der Waals surface area contributed by atoms with Crippen LogP contribution in [0.3, 0.4) is 0 Å². The first kappa shape index (κ1) is 22.3. The normalized spacial score (nSPS) is 17.2. The predicted octanol–water partition coefficient (Wildman–Crippen LogP) is 2.73. The van der Waals surface area contributed by atoms with Gasteiger partial charge in [-0.05, 0) is 37.4 Å². The highest BCUT2D eigenvalue weighted by atomic mass is 16.5. The molecule has 1 fully saturated rings. The molecule has 2 N–H and O–H groups in total. The van der Waals surface area contributed by atoms with Gasteiger partial charge in [0.05, 0.1) is 54.1 Å². The van der Waals surface area contributed by atoms with Crippen LogP contribution in [0, 0.1) is 0 Å². The number of likely N-dealkylation sites (tertiary alicyclic amines) is 1. The second-order valence-corrected chi connectivity index (χ2v) is 9.24. The Morgan fingerprint density at radius 1 is 1.11 bits per heavy atom. The van der Waals surface area contributed by atoms with Crippen LogP contribution in [0.15, 0.2) is 36.7 Å². The molecule has 5 heterocycles. The monoisotopic (exact) mass is 485 g/mol. The molecule has 184 valence electrons. The zero-order valence-corrected chi connectivity index (χ0v) is 20.2. The maximum Gasteiger partial charge on any atom is 0.251 e. The van der Waals surface area contributed by atoms with Crippen molar-refractivity contribution in [2.45, 2.75) is 12.5 Å². The first-order valence-corrected chi connectivity index (χ1v) is 12.0. The number of hydrogen-bond donors (Lipinski definition) is 2. The van der Waals surface area contributed by atoms with Gasteiger partial charge >= 0.3 is 0 Å². The standard InChI is InChI=1S/C26H27N7O3/c1-32-14-18(15-32)29-25(34)17-5-4-16-6-7-21-19-11-22(27-13-23(19)31-30-21)20-12-28-33(2)26(20)36-9-3-8-35-24(16)10-17/h4-7,10-13,18H,3,8-9,14-15H2,1-2H3,(H,29,34)(H,30,31)/b7-6+. The third kappa shape index (κ3) is 4.20. The molecule has 1 amide bonds. The zero-order chi connectivity index (χ0) is 24.6. The van der Waals surface area contributed by atoms with Gasteiger partial charge in [-0.2, -0.15) is 10.2 Å². The molecule has 6 rings (SSSR count). The Labute approximate surface area is 207 Å². The van der Waals surface area contributed by atoms with Gasteiger partial charge in [-0.15, -0.1) is 0 Å². The summed E-state index contributed by atoms with van der Waals surface area (Å²) in [7, 11) is 3.88. The minimum atomic E-state index is -0.0928. The van der Waals surface area contributed by atoms with Crippen LogP contribution in [-0.2, 0) is 7.05 Å². The second-order valence-electron chi connectivity index (χ2n) is 9.24. The quantitative estimate of drug-likeness (QED) is 0.449. The molecule has 0 aliphatic carbocycles. The molecule has 10 nitrogen and oxygen atoms in total. The minimum absolute atomic E-state index is 0.0928. The maximum absolute atomic E-state index is 12.8. The molecule has 2 aliphatic heterocycles. The topological polar surface area (TPSA) is 110 Å². The van der Waals surface area contributed by atoms with E-state index >= 15 is 0 Å². The smallest absolute Gasteiger partial charge is 0.251 e. The van der Waals surface area contributed by atoms with Gasteiger partial charge < -0.3 is 19.7 Å². The molecule has 0 radical (unpaired) electrons. The van der Waals surface area contributed by atoms with Crippen LogP contribution in [0.1, 0.15) is 28.0 Å². The highest BCUT2D eigenvalue weighted by Crippen LogP contribution is 2.31. The van der Waals surface area contributed by atoms with E-state index in [1.54, 1.807) is 23.1 Å². The summed E-state index contributed by atoms with van der Waals surface area (Å²) in [5.74, 6) is 1.20. The van der Waals surface area contributed by atoms with Crippen LogP contribution in [-0.4, -0.2) is 75.2 Å². The fourth-order valence-electron chi connectivity index (χ4n) is 4.56. The Balaban J connectivity index is 1.35. The number of carbonyl (C=O) groups is 1. The van der Waals surface area contributed by atoms with Crippen LogP contribution in [0.2, 0.25) is 0 Å². The largest absolute Gasteiger partial charge is 0.493 e. The van der Waals surface area contributed by atoms with E-state index in [4.69, 9.17) is 9.47 Å². The molecule has 3 aromatic heterocycles. The Morgan fingerprint density at radius 3 is 2.83 bits per heavy atom. The van der Waals surface area contributed by atoms with Crippen molar-refractivity contribution in [1.82, 2.24) is 35.2 Å². The fraction of sp³-hybridized carbons (Fsp3) is 0.308. The number of aromatic nitrogens is 5. The van der Waals surface area contributed by atoms with Gasteiger partial charge in [0, 0.05) is 43.1 Å². The number of hydrogen-bond acceptors (Lipinski definition) is 7. The molecule has 4 aromatic rings. The molecule has 1 saturated heterocycles. The molecule has 10 heteroatoms. The van der Waals surface area contributed by atoms with E-state index in [2.05, 4.69) is 30.5 Å². The third-order valence-electron chi connectivity index (χ3n) is 6.52. The minimum Gasteiger partial charge on any atom is -0.493 e. The fourth-order valence-corrected chi connectivity index (χ4v) is 4.56. The molecular formula is C26H27N7O3. The second kappa shape index (κ2) is 9.12. The van der Waals surface area contributed by atoms with Crippen molar-refractivity contribution in [3.63, 3.8) is 0 Å². The van der Waals surface area contributed by atoms with Crippen molar-refractivity contribution in [2.24, 2.45) is 7.05 Å². The summed E-state index contributed by atoms with van der Waals surface area (Å²) in [6, 6.07) is 7.72. The summed E-state index contributed by atoms with van der Waals surface area (Å²) in [5, 5.41) is 15.9. The van der Waals surface area contributed by atoms with E-state index in [0.717, 1.165) is 46.5 Å². The average Bonchev–Trinajstić information content (AvgIpc) is 3.44. The van der Waals surface area contributed by atoms with Crippen molar-refractivity contribution >= 4 is 29.0 Å². The molecule has 2 aliphatic rings. The van der Waals surface area contributed by atoms with Crippen molar-refractivity contribution < 1.29 is 14.3 Å². The van der Waals surface area contributed by atoms with Gasteiger partial charge in [-0.25, -0.2) is 4.68 Å². The molecule has 36 heavy (non-hydrogen) atoms. The Bertz CT molecular complexity index is 1470. The molecule has 1 aromatic carbocycles. The van der Waals surface area contributed by atoms with E-state index in [1.807, 2.05) is 44.4 Å². The number of rotatable bonds is 2. The highest BCUT2D eigenvalue weighted by molar-refractivity contribution is 5.96. The molecule has 0 unspecified atom stereocenters. The summed E-state index contributed by atoms with van der Waals surface area (Å²) in [4.78, 5) is 19.6. The number of ether oxygens (including phenoxy) is 2. The van der Waals surface area contributed by atoms with E-state index in [0.29, 0.717) is 36.8 Å². The first-order chi connectivity index (χ1) is 17.5. The number of aryl methyl sites for hydroxylation is 1. The number of benzene rings is 1.